The van der Waals surface area contributed by atoms with E-state index in [4.69, 9.17) is 0 Å². The summed E-state index contributed by atoms with van der Waals surface area (Å²) >= 11 is 1.40. The number of hydrogen-bond donors (Lipinski definition) is 1. The zero-order chi connectivity index (χ0) is 15.1. The smallest absolute Gasteiger partial charge is 0.336 e. The van der Waals surface area contributed by atoms with Crippen molar-refractivity contribution in [2.75, 3.05) is 0 Å². The van der Waals surface area contributed by atoms with Crippen LogP contribution in [0.1, 0.15) is 15.9 Å². The highest BCUT2D eigenvalue weighted by molar-refractivity contribution is 7.13. The van der Waals surface area contributed by atoms with Crippen molar-refractivity contribution < 1.29 is 18.7 Å². The Balaban J connectivity index is 2.45. The van der Waals surface area contributed by atoms with Crippen LogP contribution in [0.4, 0.5) is 8.78 Å². The number of rotatable bonds is 2. The Bertz CT molecular complexity index is 860. The zero-order valence-electron chi connectivity index (χ0n) is 10.9. The van der Waals surface area contributed by atoms with Gasteiger partial charge in [-0.15, -0.1) is 11.3 Å². The predicted molar refractivity (Wildman–Crippen MR) is 76.7 cm³/mol. The van der Waals surface area contributed by atoms with Crippen LogP contribution in [-0.4, -0.2) is 16.1 Å². The summed E-state index contributed by atoms with van der Waals surface area (Å²) < 4.78 is 26.8. The van der Waals surface area contributed by atoms with Gasteiger partial charge in [0, 0.05) is 11.5 Å². The number of carbonyl (C=O) groups is 1. The van der Waals surface area contributed by atoms with Gasteiger partial charge in [-0.3, -0.25) is 0 Å². The largest absolute Gasteiger partial charge is 0.478 e. The predicted octanol–water partition coefficient (Wildman–Crippen LogP) is 4.25. The maximum absolute atomic E-state index is 13.4. The zero-order valence-corrected chi connectivity index (χ0v) is 11.7. The molecule has 0 saturated carbocycles. The second-order valence-electron chi connectivity index (χ2n) is 4.53. The number of nitrogens with zero attached hydrogens (tertiary/aromatic N) is 1. The third kappa shape index (κ3) is 2.17. The van der Waals surface area contributed by atoms with E-state index in [1.54, 1.807) is 13.0 Å². The number of thiophene rings is 1. The number of hydrogen-bond acceptors (Lipinski definition) is 3. The highest BCUT2D eigenvalue weighted by atomic mass is 32.1. The fourth-order valence-electron chi connectivity index (χ4n) is 2.28. The Hall–Kier alpha value is -2.34. The summed E-state index contributed by atoms with van der Waals surface area (Å²) in [6.07, 6.45) is 0. The second kappa shape index (κ2) is 4.89. The molecule has 2 heterocycles. The first-order valence-electron chi connectivity index (χ1n) is 6.05. The number of benzene rings is 1. The Morgan fingerprint density at radius 2 is 2.00 bits per heavy atom. The summed E-state index contributed by atoms with van der Waals surface area (Å²) in [5.41, 5.74) is 0.979. The van der Waals surface area contributed by atoms with Gasteiger partial charge in [0.1, 0.15) is 0 Å². The van der Waals surface area contributed by atoms with Crippen LogP contribution in [0, 0.1) is 18.6 Å². The van der Waals surface area contributed by atoms with Crippen molar-refractivity contribution in [2.24, 2.45) is 0 Å². The number of carboxylic acids is 1. The van der Waals surface area contributed by atoms with Crippen LogP contribution in [0.2, 0.25) is 0 Å². The van der Waals surface area contributed by atoms with Crippen molar-refractivity contribution in [2.45, 2.75) is 6.92 Å². The van der Waals surface area contributed by atoms with Crippen LogP contribution >= 0.6 is 11.3 Å². The minimum absolute atomic E-state index is 0.0534. The molecule has 0 spiro atoms. The molecule has 2 aromatic heterocycles. The summed E-state index contributed by atoms with van der Waals surface area (Å²) in [7, 11) is 0. The number of fused-ring (bicyclic) bond motifs is 1. The molecule has 3 aromatic rings. The molecule has 3 rings (SSSR count). The minimum atomic E-state index is -1.19. The standard InChI is InChI=1S/C15H9F2NO2S/c1-7-13(15(19)20)8-5-9(16)10(17)6-11(8)18-14(7)12-3-2-4-21-12/h2-6H,1H3,(H,19,20). The molecule has 0 radical (unpaired) electrons. The number of carboxylic acid groups (broad SMARTS) is 1. The summed E-state index contributed by atoms with van der Waals surface area (Å²) in [6, 6.07) is 5.42. The molecule has 0 bridgehead atoms. The van der Waals surface area contributed by atoms with Gasteiger partial charge in [0.05, 0.1) is 21.7 Å². The second-order valence-corrected chi connectivity index (χ2v) is 5.47. The van der Waals surface area contributed by atoms with E-state index in [1.807, 2.05) is 11.4 Å². The molecule has 106 valence electrons. The van der Waals surface area contributed by atoms with E-state index in [0.29, 0.717) is 11.3 Å². The van der Waals surface area contributed by atoms with Gasteiger partial charge in [-0.25, -0.2) is 18.6 Å². The fourth-order valence-corrected chi connectivity index (χ4v) is 3.05. The van der Waals surface area contributed by atoms with E-state index < -0.39 is 17.6 Å². The third-order valence-corrected chi connectivity index (χ3v) is 4.12. The maximum atomic E-state index is 13.4. The lowest BCUT2D eigenvalue weighted by atomic mass is 10.0. The van der Waals surface area contributed by atoms with Crippen molar-refractivity contribution in [1.82, 2.24) is 4.98 Å². The van der Waals surface area contributed by atoms with Crippen LogP contribution in [-0.2, 0) is 0 Å². The minimum Gasteiger partial charge on any atom is -0.478 e. The molecule has 0 fully saturated rings. The van der Waals surface area contributed by atoms with E-state index in [2.05, 4.69) is 4.98 Å². The molecule has 0 amide bonds. The summed E-state index contributed by atoms with van der Waals surface area (Å²) in [6.45, 7) is 1.62. The molecule has 0 saturated heterocycles. The number of aromatic nitrogens is 1. The summed E-state index contributed by atoms with van der Waals surface area (Å²) in [4.78, 5) is 16.6. The average molecular weight is 305 g/mol. The first-order chi connectivity index (χ1) is 9.99. The topological polar surface area (TPSA) is 50.2 Å². The van der Waals surface area contributed by atoms with Gasteiger partial charge in [0.25, 0.3) is 0 Å². The normalized spacial score (nSPS) is 11.0. The SMILES string of the molecule is Cc1c(-c2cccs2)nc2cc(F)c(F)cc2c1C(=O)O. The van der Waals surface area contributed by atoms with E-state index in [0.717, 1.165) is 17.0 Å². The third-order valence-electron chi connectivity index (χ3n) is 3.24. The summed E-state index contributed by atoms with van der Waals surface area (Å²) in [5.74, 6) is -3.33. The number of pyridine rings is 1. The van der Waals surface area contributed by atoms with E-state index in [9.17, 15) is 18.7 Å². The molecule has 0 aliphatic heterocycles. The Morgan fingerprint density at radius 1 is 1.29 bits per heavy atom. The fraction of sp³-hybridized carbons (Fsp3) is 0.0667. The monoisotopic (exact) mass is 305 g/mol. The van der Waals surface area contributed by atoms with Gasteiger partial charge < -0.3 is 5.11 Å². The molecular formula is C15H9F2NO2S. The van der Waals surface area contributed by atoms with Gasteiger partial charge >= 0.3 is 5.97 Å². The highest BCUT2D eigenvalue weighted by Crippen LogP contribution is 2.32. The van der Waals surface area contributed by atoms with Crippen molar-refractivity contribution in [3.8, 4) is 10.6 Å². The van der Waals surface area contributed by atoms with E-state index in [1.165, 1.54) is 11.3 Å². The van der Waals surface area contributed by atoms with Crippen LogP contribution in [0.25, 0.3) is 21.5 Å². The molecule has 0 aliphatic carbocycles. The van der Waals surface area contributed by atoms with Crippen molar-refractivity contribution in [1.29, 1.82) is 0 Å². The molecule has 0 unspecified atom stereocenters. The molecule has 1 N–H and O–H groups in total. The van der Waals surface area contributed by atoms with Crippen LogP contribution in [0.5, 0.6) is 0 Å². The first-order valence-corrected chi connectivity index (χ1v) is 6.93. The van der Waals surface area contributed by atoms with Gasteiger partial charge in [0.2, 0.25) is 0 Å². The van der Waals surface area contributed by atoms with Gasteiger partial charge in [-0.05, 0) is 30.0 Å². The Morgan fingerprint density at radius 3 is 2.62 bits per heavy atom. The molecule has 6 heteroatoms. The lowest BCUT2D eigenvalue weighted by Gasteiger charge is -2.11. The molecule has 0 aliphatic rings. The van der Waals surface area contributed by atoms with Crippen LogP contribution < -0.4 is 0 Å². The van der Waals surface area contributed by atoms with Crippen molar-refractivity contribution >= 4 is 28.2 Å². The number of halogens is 2. The van der Waals surface area contributed by atoms with Gasteiger partial charge in [-0.2, -0.15) is 0 Å². The molecule has 21 heavy (non-hydrogen) atoms. The molecular weight excluding hydrogens is 296 g/mol. The lowest BCUT2D eigenvalue weighted by Crippen LogP contribution is -2.05. The quantitative estimate of drug-likeness (QED) is 0.770. The maximum Gasteiger partial charge on any atom is 0.336 e. The first kappa shape index (κ1) is 13.6. The molecule has 0 atom stereocenters. The highest BCUT2D eigenvalue weighted by Gasteiger charge is 2.20. The van der Waals surface area contributed by atoms with Gasteiger partial charge in [0.15, 0.2) is 11.6 Å². The summed E-state index contributed by atoms with van der Waals surface area (Å²) in [5, 5.41) is 11.3. The van der Waals surface area contributed by atoms with E-state index in [-0.39, 0.29) is 16.5 Å². The molecule has 1 aromatic carbocycles. The van der Waals surface area contributed by atoms with Crippen LogP contribution in [0.3, 0.4) is 0 Å². The lowest BCUT2D eigenvalue weighted by molar-refractivity contribution is 0.0698. The van der Waals surface area contributed by atoms with Crippen LogP contribution in [0.15, 0.2) is 29.6 Å². The van der Waals surface area contributed by atoms with Crippen molar-refractivity contribution in [3.63, 3.8) is 0 Å². The Kier molecular flexibility index (Phi) is 3.17. The average Bonchev–Trinajstić information content (AvgIpc) is 2.93. The molecule has 3 nitrogen and oxygen atoms in total. The van der Waals surface area contributed by atoms with Crippen molar-refractivity contribution in [3.05, 3.63) is 52.4 Å². The van der Waals surface area contributed by atoms with E-state index >= 15 is 0 Å². The van der Waals surface area contributed by atoms with Gasteiger partial charge in [-0.1, -0.05) is 6.07 Å². The number of aromatic carboxylic acids is 1. The Labute approximate surface area is 122 Å².